The minimum absolute atomic E-state index is 0.0620. The van der Waals surface area contributed by atoms with E-state index < -0.39 is 6.61 Å². The molecule has 0 aliphatic rings. The molecule has 0 fully saturated rings. The van der Waals surface area contributed by atoms with Gasteiger partial charge in [-0.25, -0.2) is 0 Å². The van der Waals surface area contributed by atoms with Crippen molar-refractivity contribution in [3.05, 3.63) is 23.7 Å². The van der Waals surface area contributed by atoms with Crippen molar-refractivity contribution in [3.63, 3.8) is 0 Å². The first kappa shape index (κ1) is 23.0. The lowest BCUT2D eigenvalue weighted by Gasteiger charge is -2.03. The second-order valence-electron chi connectivity index (χ2n) is 6.74. The quantitative estimate of drug-likeness (QED) is 0.156. The average Bonchev–Trinajstić information content (AvgIpc) is 2.60. The van der Waals surface area contributed by atoms with Gasteiger partial charge in [-0.2, -0.15) is 0 Å². The zero-order valence-electron chi connectivity index (χ0n) is 15.8. The summed E-state index contributed by atoms with van der Waals surface area (Å²) in [5, 5.41) is 27.2. The van der Waals surface area contributed by atoms with E-state index in [-0.39, 0.29) is 11.5 Å². The van der Waals surface area contributed by atoms with Crippen molar-refractivity contribution in [2.24, 2.45) is 0 Å². The highest BCUT2D eigenvalue weighted by Gasteiger charge is 2.01. The summed E-state index contributed by atoms with van der Waals surface area (Å²) < 4.78 is 0. The van der Waals surface area contributed by atoms with Crippen LogP contribution in [0.4, 0.5) is 0 Å². The number of unbranched alkanes of at least 4 members (excludes halogenated alkanes) is 12. The predicted octanol–water partition coefficient (Wildman–Crippen LogP) is 6.73. The summed E-state index contributed by atoms with van der Waals surface area (Å²) in [6.07, 6.45) is 22.7. The summed E-state index contributed by atoms with van der Waals surface area (Å²) in [6.45, 7) is 1.79. The van der Waals surface area contributed by atoms with E-state index in [9.17, 15) is 5.11 Å². The number of hydrogen-bond donors (Lipinski definition) is 3. The molecular formula is C21H40O3. The van der Waals surface area contributed by atoms with Crippen molar-refractivity contribution in [3.8, 4) is 0 Å². The fourth-order valence-corrected chi connectivity index (χ4v) is 2.78. The number of aliphatic hydroxyl groups is 3. The average molecular weight is 341 g/mol. The molecule has 24 heavy (non-hydrogen) atoms. The van der Waals surface area contributed by atoms with Crippen molar-refractivity contribution in [2.75, 3.05) is 6.61 Å². The molecule has 0 saturated carbocycles. The third-order valence-electron chi connectivity index (χ3n) is 4.41. The number of aliphatic hydroxyl groups excluding tert-OH is 3. The first-order valence-corrected chi connectivity index (χ1v) is 10.1. The van der Waals surface area contributed by atoms with Crippen LogP contribution in [-0.4, -0.2) is 21.9 Å². The van der Waals surface area contributed by atoms with Gasteiger partial charge < -0.3 is 15.3 Å². The maximum atomic E-state index is 9.39. The van der Waals surface area contributed by atoms with Gasteiger partial charge in [0, 0.05) is 6.42 Å². The predicted molar refractivity (Wildman–Crippen MR) is 103 cm³/mol. The minimum Gasteiger partial charge on any atom is -0.509 e. The smallest absolute Gasteiger partial charge is 0.155 e. The maximum Gasteiger partial charge on any atom is 0.155 e. The van der Waals surface area contributed by atoms with E-state index in [4.69, 9.17) is 10.2 Å². The van der Waals surface area contributed by atoms with E-state index in [1.54, 1.807) is 0 Å². The Morgan fingerprint density at radius 1 is 0.625 bits per heavy atom. The molecule has 0 radical (unpaired) electrons. The highest BCUT2D eigenvalue weighted by atomic mass is 16.3. The van der Waals surface area contributed by atoms with Gasteiger partial charge >= 0.3 is 0 Å². The molecule has 3 N–H and O–H groups in total. The van der Waals surface area contributed by atoms with Crippen LogP contribution in [0.15, 0.2) is 23.7 Å². The molecule has 0 heterocycles. The molecule has 0 aromatic carbocycles. The molecule has 0 aliphatic heterocycles. The zero-order valence-corrected chi connectivity index (χ0v) is 15.8. The van der Waals surface area contributed by atoms with Crippen LogP contribution in [0.25, 0.3) is 0 Å². The molecule has 0 aromatic rings. The van der Waals surface area contributed by atoms with Gasteiger partial charge in [-0.3, -0.25) is 0 Å². The van der Waals surface area contributed by atoms with Crippen LogP contribution in [0.2, 0.25) is 0 Å². The lowest BCUT2D eigenvalue weighted by atomic mass is 10.1. The topological polar surface area (TPSA) is 60.7 Å². The Balaban J connectivity index is 3.24. The molecule has 0 rings (SSSR count). The van der Waals surface area contributed by atoms with Gasteiger partial charge in [-0.15, -0.1) is 0 Å². The summed E-state index contributed by atoms with van der Waals surface area (Å²) in [5.74, 6) is -0.351. The highest BCUT2D eigenvalue weighted by Crippen LogP contribution is 2.13. The molecule has 0 saturated heterocycles. The molecule has 3 nitrogen and oxygen atoms in total. The Hall–Kier alpha value is -0.960. The Morgan fingerprint density at radius 3 is 1.58 bits per heavy atom. The summed E-state index contributed by atoms with van der Waals surface area (Å²) in [4.78, 5) is 0. The van der Waals surface area contributed by atoms with Gasteiger partial charge in [0.2, 0.25) is 0 Å². The molecule has 3 heteroatoms. The highest BCUT2D eigenvalue weighted by molar-refractivity contribution is 4.97. The van der Waals surface area contributed by atoms with E-state index >= 15 is 0 Å². The summed E-state index contributed by atoms with van der Waals surface area (Å²) in [5.41, 5.74) is 0. The summed E-state index contributed by atoms with van der Waals surface area (Å²) in [7, 11) is 0. The van der Waals surface area contributed by atoms with Crippen molar-refractivity contribution in [1.82, 2.24) is 0 Å². The van der Waals surface area contributed by atoms with Crippen molar-refractivity contribution >= 4 is 0 Å². The van der Waals surface area contributed by atoms with Crippen molar-refractivity contribution in [2.45, 2.75) is 103 Å². The van der Waals surface area contributed by atoms with E-state index in [0.717, 1.165) is 12.8 Å². The monoisotopic (exact) mass is 340 g/mol. The van der Waals surface area contributed by atoms with Crippen LogP contribution in [0.1, 0.15) is 103 Å². The van der Waals surface area contributed by atoms with E-state index in [2.05, 4.69) is 19.1 Å². The van der Waals surface area contributed by atoms with Gasteiger partial charge in [0.15, 0.2) is 5.76 Å². The van der Waals surface area contributed by atoms with Crippen LogP contribution in [0.3, 0.4) is 0 Å². The second kappa shape index (κ2) is 18.4. The maximum absolute atomic E-state index is 9.39. The van der Waals surface area contributed by atoms with Crippen LogP contribution in [0, 0.1) is 0 Å². The zero-order chi connectivity index (χ0) is 17.9. The third-order valence-corrected chi connectivity index (χ3v) is 4.41. The molecule has 0 spiro atoms. The second-order valence-corrected chi connectivity index (χ2v) is 6.74. The fourth-order valence-electron chi connectivity index (χ4n) is 2.78. The molecule has 0 bridgehead atoms. The first-order chi connectivity index (χ1) is 11.7. The van der Waals surface area contributed by atoms with Gasteiger partial charge in [-0.05, 0) is 32.1 Å². The molecule has 0 aliphatic carbocycles. The van der Waals surface area contributed by atoms with E-state index in [1.807, 2.05) is 0 Å². The van der Waals surface area contributed by atoms with Crippen LogP contribution < -0.4 is 0 Å². The fraction of sp³-hybridized carbons (Fsp3) is 0.810. The molecule has 0 amide bonds. The van der Waals surface area contributed by atoms with Crippen LogP contribution >= 0.6 is 0 Å². The standard InChI is InChI=1S/C21H40O3/c1-2-3-4-5-6-7-8-9-10-11-12-13-14-15-16-17-18-20(23)21(24)19-22/h9-10,22-24H,2-8,11-19H2,1H3/b10-9-,21-20?. The number of rotatable bonds is 17. The Bertz CT molecular complexity index is 321. The largest absolute Gasteiger partial charge is 0.509 e. The summed E-state index contributed by atoms with van der Waals surface area (Å²) in [6, 6.07) is 0. The minimum atomic E-state index is -0.474. The lowest BCUT2D eigenvalue weighted by molar-refractivity contribution is 0.222. The Morgan fingerprint density at radius 2 is 1.08 bits per heavy atom. The van der Waals surface area contributed by atoms with Gasteiger partial charge in [-0.1, -0.05) is 76.9 Å². The van der Waals surface area contributed by atoms with Gasteiger partial charge in [0.25, 0.3) is 0 Å². The van der Waals surface area contributed by atoms with Crippen molar-refractivity contribution in [1.29, 1.82) is 0 Å². The van der Waals surface area contributed by atoms with E-state index in [1.165, 1.54) is 77.0 Å². The molecule has 0 unspecified atom stereocenters. The summed E-state index contributed by atoms with van der Waals surface area (Å²) >= 11 is 0. The lowest BCUT2D eigenvalue weighted by Crippen LogP contribution is -1.95. The first-order valence-electron chi connectivity index (χ1n) is 10.1. The normalized spacial score (nSPS) is 12.8. The number of hydrogen-bond acceptors (Lipinski definition) is 3. The molecular weight excluding hydrogens is 300 g/mol. The molecule has 0 atom stereocenters. The van der Waals surface area contributed by atoms with Crippen molar-refractivity contribution < 1.29 is 15.3 Å². The van der Waals surface area contributed by atoms with E-state index in [0.29, 0.717) is 6.42 Å². The van der Waals surface area contributed by atoms with Crippen LogP contribution in [-0.2, 0) is 0 Å². The van der Waals surface area contributed by atoms with Crippen LogP contribution in [0.5, 0.6) is 0 Å². The number of allylic oxidation sites excluding steroid dienone is 3. The Kier molecular flexibility index (Phi) is 17.6. The Labute approximate surface area is 149 Å². The van der Waals surface area contributed by atoms with Gasteiger partial charge in [0.05, 0.1) is 0 Å². The molecule has 0 aromatic heterocycles. The van der Waals surface area contributed by atoms with Gasteiger partial charge in [0.1, 0.15) is 12.4 Å². The molecule has 142 valence electrons. The third kappa shape index (κ3) is 15.9. The SMILES string of the molecule is CCCCCCCC/C=C\CCCCCCCCC(O)=C(O)CO.